The van der Waals surface area contributed by atoms with E-state index in [-0.39, 0.29) is 12.6 Å². The van der Waals surface area contributed by atoms with E-state index in [0.29, 0.717) is 32.0 Å². The summed E-state index contributed by atoms with van der Waals surface area (Å²) in [6.45, 7) is 8.25. The van der Waals surface area contributed by atoms with Gasteiger partial charge >= 0.3 is 5.97 Å². The van der Waals surface area contributed by atoms with Gasteiger partial charge in [0.05, 0.1) is 26.4 Å². The molecule has 1 rings (SSSR count). The van der Waals surface area contributed by atoms with E-state index in [1.165, 1.54) is 0 Å². The number of aromatic nitrogens is 1. The van der Waals surface area contributed by atoms with Crippen molar-refractivity contribution in [1.82, 2.24) is 4.57 Å². The molecule has 0 N–H and O–H groups in total. The van der Waals surface area contributed by atoms with Gasteiger partial charge in [-0.1, -0.05) is 6.58 Å². The monoisotopic (exact) mass is 267 g/mol. The molecule has 0 aliphatic rings. The van der Waals surface area contributed by atoms with Gasteiger partial charge in [-0.15, -0.1) is 0 Å². The van der Waals surface area contributed by atoms with Gasteiger partial charge in [0.1, 0.15) is 6.61 Å². The zero-order chi connectivity index (χ0) is 13.9. The Morgan fingerprint density at radius 1 is 1.05 bits per heavy atom. The van der Waals surface area contributed by atoms with Crippen LogP contribution < -0.4 is 0 Å². The normalized spacial score (nSPS) is 10.4. The van der Waals surface area contributed by atoms with Gasteiger partial charge < -0.3 is 18.8 Å². The minimum atomic E-state index is -0.383. The zero-order valence-electron chi connectivity index (χ0n) is 11.3. The second-order valence-electron chi connectivity index (χ2n) is 4.06. The van der Waals surface area contributed by atoms with Crippen LogP contribution in [0.2, 0.25) is 0 Å². The van der Waals surface area contributed by atoms with Crippen molar-refractivity contribution in [3.05, 3.63) is 36.7 Å². The summed E-state index contributed by atoms with van der Waals surface area (Å²) in [5, 5.41) is 0. The number of ether oxygens (including phenoxy) is 3. The standard InChI is InChI=1S/C14H21NO4/c1-13(2)14(16)19-12-11-18-10-9-17-8-7-15-5-3-4-6-15/h3-6H,1,7-12H2,2H3. The van der Waals surface area contributed by atoms with Gasteiger partial charge in [-0.05, 0) is 19.1 Å². The van der Waals surface area contributed by atoms with E-state index in [1.54, 1.807) is 6.92 Å². The molecular weight excluding hydrogens is 246 g/mol. The summed E-state index contributed by atoms with van der Waals surface area (Å²) in [4.78, 5) is 11.0. The van der Waals surface area contributed by atoms with Crippen molar-refractivity contribution in [3.63, 3.8) is 0 Å². The Morgan fingerprint density at radius 2 is 1.63 bits per heavy atom. The van der Waals surface area contributed by atoms with Crippen LogP contribution in [0.5, 0.6) is 0 Å². The number of nitrogens with zero attached hydrogens (tertiary/aromatic N) is 1. The average Bonchev–Trinajstić information content (AvgIpc) is 2.89. The maximum atomic E-state index is 11.0. The summed E-state index contributed by atoms with van der Waals surface area (Å²) >= 11 is 0. The Morgan fingerprint density at radius 3 is 2.26 bits per heavy atom. The first-order valence-electron chi connectivity index (χ1n) is 6.29. The van der Waals surface area contributed by atoms with Gasteiger partial charge in [-0.25, -0.2) is 4.79 Å². The van der Waals surface area contributed by atoms with Crippen LogP contribution in [0, 0.1) is 0 Å². The van der Waals surface area contributed by atoms with E-state index in [4.69, 9.17) is 14.2 Å². The lowest BCUT2D eigenvalue weighted by Crippen LogP contribution is -2.14. The highest BCUT2D eigenvalue weighted by Gasteiger charge is 2.01. The lowest BCUT2D eigenvalue weighted by Gasteiger charge is -2.07. The highest BCUT2D eigenvalue weighted by Crippen LogP contribution is 1.92. The van der Waals surface area contributed by atoms with Crippen molar-refractivity contribution in [2.75, 3.05) is 33.0 Å². The first-order valence-corrected chi connectivity index (χ1v) is 6.29. The third-order valence-corrected chi connectivity index (χ3v) is 2.34. The number of hydrogen-bond acceptors (Lipinski definition) is 4. The van der Waals surface area contributed by atoms with Crippen molar-refractivity contribution < 1.29 is 19.0 Å². The summed E-state index contributed by atoms with van der Waals surface area (Å²) in [6, 6.07) is 3.96. The molecule has 0 spiro atoms. The predicted octanol–water partition coefficient (Wildman–Crippen LogP) is 1.64. The lowest BCUT2D eigenvalue weighted by molar-refractivity contribution is -0.140. The molecule has 0 atom stereocenters. The fourth-order valence-electron chi connectivity index (χ4n) is 1.33. The van der Waals surface area contributed by atoms with Crippen LogP contribution in [-0.2, 0) is 25.5 Å². The van der Waals surface area contributed by atoms with Crippen LogP contribution >= 0.6 is 0 Å². The second kappa shape index (κ2) is 9.35. The Hall–Kier alpha value is -1.59. The minimum Gasteiger partial charge on any atom is -0.460 e. The second-order valence-corrected chi connectivity index (χ2v) is 4.06. The van der Waals surface area contributed by atoms with Gasteiger partial charge in [-0.2, -0.15) is 0 Å². The molecule has 1 aromatic rings. The van der Waals surface area contributed by atoms with Crippen LogP contribution in [0.4, 0.5) is 0 Å². The topological polar surface area (TPSA) is 49.7 Å². The molecule has 1 aromatic heterocycles. The molecule has 0 amide bonds. The van der Waals surface area contributed by atoms with Crippen molar-refractivity contribution >= 4 is 5.97 Å². The van der Waals surface area contributed by atoms with E-state index < -0.39 is 0 Å². The minimum absolute atomic E-state index is 0.245. The molecule has 5 heteroatoms. The maximum Gasteiger partial charge on any atom is 0.333 e. The first kappa shape index (κ1) is 15.5. The predicted molar refractivity (Wildman–Crippen MR) is 71.8 cm³/mol. The average molecular weight is 267 g/mol. The summed E-state index contributed by atoms with van der Waals surface area (Å²) in [7, 11) is 0. The molecule has 0 saturated carbocycles. The van der Waals surface area contributed by atoms with Crippen molar-refractivity contribution in [2.45, 2.75) is 13.5 Å². The molecule has 0 unspecified atom stereocenters. The third-order valence-electron chi connectivity index (χ3n) is 2.34. The van der Waals surface area contributed by atoms with E-state index in [2.05, 4.69) is 11.1 Å². The molecule has 0 radical (unpaired) electrons. The Balaban J connectivity index is 1.84. The smallest absolute Gasteiger partial charge is 0.333 e. The van der Waals surface area contributed by atoms with Gasteiger partial charge in [0.25, 0.3) is 0 Å². The molecule has 0 fully saturated rings. The summed E-state index contributed by atoms with van der Waals surface area (Å²) < 4.78 is 17.6. The Kier molecular flexibility index (Phi) is 7.62. The number of rotatable bonds is 10. The van der Waals surface area contributed by atoms with Crippen molar-refractivity contribution in [2.24, 2.45) is 0 Å². The molecule has 19 heavy (non-hydrogen) atoms. The quantitative estimate of drug-likeness (QED) is 0.367. The van der Waals surface area contributed by atoms with Gasteiger partial charge in [0.15, 0.2) is 0 Å². The van der Waals surface area contributed by atoms with E-state index >= 15 is 0 Å². The number of hydrogen-bond donors (Lipinski definition) is 0. The molecule has 106 valence electrons. The van der Waals surface area contributed by atoms with Crippen LogP contribution in [0.3, 0.4) is 0 Å². The van der Waals surface area contributed by atoms with Gasteiger partial charge in [-0.3, -0.25) is 0 Å². The van der Waals surface area contributed by atoms with E-state index in [1.807, 2.05) is 24.5 Å². The summed E-state index contributed by atoms with van der Waals surface area (Å²) in [5.74, 6) is -0.383. The highest BCUT2D eigenvalue weighted by atomic mass is 16.6. The van der Waals surface area contributed by atoms with Gasteiger partial charge in [0.2, 0.25) is 0 Å². The fraction of sp³-hybridized carbons (Fsp3) is 0.500. The Labute approximate surface area is 113 Å². The Bertz CT molecular complexity index is 373. The molecule has 1 heterocycles. The molecule has 0 aliphatic carbocycles. The van der Waals surface area contributed by atoms with E-state index in [9.17, 15) is 4.79 Å². The summed E-state index contributed by atoms with van der Waals surface area (Å²) in [6.07, 6.45) is 3.99. The molecular formula is C14H21NO4. The van der Waals surface area contributed by atoms with E-state index in [0.717, 1.165) is 6.54 Å². The van der Waals surface area contributed by atoms with Gasteiger partial charge in [0, 0.05) is 24.5 Å². The summed E-state index contributed by atoms with van der Waals surface area (Å²) in [5.41, 5.74) is 0.397. The number of esters is 1. The van der Waals surface area contributed by atoms with Crippen molar-refractivity contribution in [1.29, 1.82) is 0 Å². The molecule has 0 aliphatic heterocycles. The lowest BCUT2D eigenvalue weighted by atomic mass is 10.4. The number of carbonyl (C=O) groups excluding carboxylic acids is 1. The zero-order valence-corrected chi connectivity index (χ0v) is 11.3. The molecule has 0 aromatic carbocycles. The largest absolute Gasteiger partial charge is 0.460 e. The molecule has 0 saturated heterocycles. The van der Waals surface area contributed by atoms with Crippen LogP contribution in [0.15, 0.2) is 36.7 Å². The molecule has 5 nitrogen and oxygen atoms in total. The highest BCUT2D eigenvalue weighted by molar-refractivity contribution is 5.86. The van der Waals surface area contributed by atoms with Crippen LogP contribution in [-0.4, -0.2) is 43.6 Å². The first-order chi connectivity index (χ1) is 9.20. The SMILES string of the molecule is C=C(C)C(=O)OCCOCCOCCn1cccc1. The van der Waals surface area contributed by atoms with Crippen LogP contribution in [0.1, 0.15) is 6.92 Å². The maximum absolute atomic E-state index is 11.0. The van der Waals surface area contributed by atoms with Crippen LogP contribution in [0.25, 0.3) is 0 Å². The third kappa shape index (κ3) is 7.43. The number of carbonyl (C=O) groups is 1. The van der Waals surface area contributed by atoms with Crippen molar-refractivity contribution in [3.8, 4) is 0 Å². The molecule has 0 bridgehead atoms. The fourth-order valence-corrected chi connectivity index (χ4v) is 1.33.